The highest BCUT2D eigenvalue weighted by atomic mass is 32.1. The summed E-state index contributed by atoms with van der Waals surface area (Å²) in [5.41, 5.74) is 2.17. The maximum absolute atomic E-state index is 12.6. The number of methoxy groups -OCH3 is 1. The van der Waals surface area contributed by atoms with Crippen LogP contribution in [-0.2, 0) is 11.3 Å². The average Bonchev–Trinajstić information content (AvgIpc) is 3.22. The zero-order valence-corrected chi connectivity index (χ0v) is 17.7. The van der Waals surface area contributed by atoms with Crippen molar-refractivity contribution < 1.29 is 9.53 Å². The Morgan fingerprint density at radius 2 is 1.93 bits per heavy atom. The van der Waals surface area contributed by atoms with Gasteiger partial charge in [0.1, 0.15) is 5.75 Å². The van der Waals surface area contributed by atoms with E-state index in [2.05, 4.69) is 28.4 Å². The monoisotopic (exact) mass is 409 g/mol. The van der Waals surface area contributed by atoms with Crippen LogP contribution in [0.5, 0.6) is 5.75 Å². The summed E-state index contributed by atoms with van der Waals surface area (Å²) in [5, 5.41) is 4.30. The number of aromatic nitrogens is 1. The van der Waals surface area contributed by atoms with E-state index >= 15 is 0 Å². The summed E-state index contributed by atoms with van der Waals surface area (Å²) in [6.07, 6.45) is 2.10. The van der Waals surface area contributed by atoms with Crippen LogP contribution < -0.4 is 10.1 Å². The van der Waals surface area contributed by atoms with Gasteiger partial charge in [0.05, 0.1) is 28.4 Å². The van der Waals surface area contributed by atoms with Gasteiger partial charge in [-0.2, -0.15) is 0 Å². The lowest BCUT2D eigenvalue weighted by atomic mass is 9.96. The van der Waals surface area contributed by atoms with Crippen LogP contribution in [0.15, 0.2) is 48.5 Å². The molecule has 5 nitrogen and oxygen atoms in total. The fraction of sp³-hybridized carbons (Fsp3) is 0.391. The smallest absolute Gasteiger partial charge is 0.237 e. The molecule has 1 aromatic heterocycles. The van der Waals surface area contributed by atoms with Crippen molar-refractivity contribution in [1.29, 1.82) is 0 Å². The van der Waals surface area contributed by atoms with Crippen LogP contribution in [0.1, 0.15) is 36.3 Å². The molecule has 1 amide bonds. The summed E-state index contributed by atoms with van der Waals surface area (Å²) in [5.74, 6) is 1.40. The molecule has 3 aromatic rings. The second-order valence-electron chi connectivity index (χ2n) is 7.57. The quantitative estimate of drug-likeness (QED) is 0.663. The lowest BCUT2D eigenvalue weighted by Gasteiger charge is -2.34. The lowest BCUT2D eigenvalue weighted by Crippen LogP contribution is -2.47. The van der Waals surface area contributed by atoms with Gasteiger partial charge in [-0.3, -0.25) is 9.69 Å². The van der Waals surface area contributed by atoms with Gasteiger partial charge in [-0.05, 0) is 62.7 Å². The van der Waals surface area contributed by atoms with E-state index < -0.39 is 0 Å². The second-order valence-corrected chi connectivity index (χ2v) is 8.63. The first kappa shape index (κ1) is 19.9. The fourth-order valence-corrected chi connectivity index (χ4v) is 4.98. The highest BCUT2D eigenvalue weighted by Crippen LogP contribution is 2.34. The molecule has 152 valence electrons. The van der Waals surface area contributed by atoms with Gasteiger partial charge in [0.2, 0.25) is 5.91 Å². The molecular weight excluding hydrogens is 382 g/mol. The molecule has 1 saturated heterocycles. The van der Waals surface area contributed by atoms with Crippen LogP contribution in [0, 0.1) is 0 Å². The number of nitrogens with one attached hydrogen (secondary N) is 1. The molecule has 0 radical (unpaired) electrons. The van der Waals surface area contributed by atoms with Gasteiger partial charge in [0.25, 0.3) is 0 Å². The largest absolute Gasteiger partial charge is 0.497 e. The van der Waals surface area contributed by atoms with Gasteiger partial charge < -0.3 is 10.1 Å². The minimum absolute atomic E-state index is 0.0826. The number of nitrogens with zero attached hydrogens (tertiary/aromatic N) is 2. The van der Waals surface area contributed by atoms with Gasteiger partial charge >= 0.3 is 0 Å². The number of para-hydroxylation sites is 1. The first-order chi connectivity index (χ1) is 14.1. The molecule has 0 saturated carbocycles. The maximum Gasteiger partial charge on any atom is 0.237 e. The fourth-order valence-electron chi connectivity index (χ4n) is 3.84. The van der Waals surface area contributed by atoms with Crippen LogP contribution in [0.3, 0.4) is 0 Å². The number of thiazole rings is 1. The van der Waals surface area contributed by atoms with Crippen LogP contribution in [0.25, 0.3) is 10.2 Å². The average molecular weight is 410 g/mol. The topological polar surface area (TPSA) is 54.5 Å². The molecule has 0 aliphatic carbocycles. The Kier molecular flexibility index (Phi) is 6.11. The van der Waals surface area contributed by atoms with Crippen molar-refractivity contribution in [3.63, 3.8) is 0 Å². The summed E-state index contributed by atoms with van der Waals surface area (Å²) in [6.45, 7) is 4.39. The second kappa shape index (κ2) is 8.93. The van der Waals surface area contributed by atoms with Gasteiger partial charge in [-0.1, -0.05) is 24.3 Å². The minimum atomic E-state index is -0.121. The molecule has 29 heavy (non-hydrogen) atoms. The number of benzene rings is 2. The molecule has 1 atom stereocenters. The van der Waals surface area contributed by atoms with Crippen molar-refractivity contribution in [3.05, 3.63) is 59.1 Å². The first-order valence-corrected chi connectivity index (χ1v) is 11.0. The summed E-state index contributed by atoms with van der Waals surface area (Å²) in [4.78, 5) is 19.7. The zero-order valence-electron chi connectivity index (χ0n) is 16.9. The van der Waals surface area contributed by atoms with E-state index in [9.17, 15) is 4.79 Å². The number of ether oxygens (including phenoxy) is 1. The number of piperidine rings is 1. The zero-order chi connectivity index (χ0) is 20.2. The van der Waals surface area contributed by atoms with Gasteiger partial charge in [0.15, 0.2) is 0 Å². The van der Waals surface area contributed by atoms with Crippen LogP contribution >= 0.6 is 11.3 Å². The molecule has 0 bridgehead atoms. The van der Waals surface area contributed by atoms with Crippen molar-refractivity contribution in [2.75, 3.05) is 20.2 Å². The SMILES string of the molecule is COc1ccc(CNC(=O)[C@@H](C)N2CCC(c3nc4ccccc4s3)CC2)cc1. The Morgan fingerprint density at radius 3 is 2.62 bits per heavy atom. The Bertz CT molecular complexity index is 929. The standard InChI is InChI=1S/C23H27N3O2S/c1-16(22(27)24-15-17-7-9-19(28-2)10-8-17)26-13-11-18(12-14-26)23-25-20-5-3-4-6-21(20)29-23/h3-10,16,18H,11-15H2,1-2H3,(H,24,27)/t16-/m1/s1. The molecule has 1 fully saturated rings. The third-order valence-electron chi connectivity index (χ3n) is 5.74. The van der Waals surface area contributed by atoms with Gasteiger partial charge in [-0.25, -0.2) is 4.98 Å². The van der Waals surface area contributed by atoms with Crippen molar-refractivity contribution in [3.8, 4) is 5.75 Å². The molecular formula is C23H27N3O2S. The Hall–Kier alpha value is -2.44. The third kappa shape index (κ3) is 4.60. The number of hydrogen-bond donors (Lipinski definition) is 1. The minimum Gasteiger partial charge on any atom is -0.497 e. The van der Waals surface area contributed by atoms with Crippen LogP contribution in [0.2, 0.25) is 0 Å². The van der Waals surface area contributed by atoms with Crippen molar-refractivity contribution in [1.82, 2.24) is 15.2 Å². The number of fused-ring (bicyclic) bond motifs is 1. The van der Waals surface area contributed by atoms with E-state index in [4.69, 9.17) is 9.72 Å². The molecule has 1 aliphatic heterocycles. The molecule has 1 aliphatic rings. The van der Waals surface area contributed by atoms with Crippen molar-refractivity contribution >= 4 is 27.5 Å². The molecule has 6 heteroatoms. The van der Waals surface area contributed by atoms with E-state index in [-0.39, 0.29) is 11.9 Å². The third-order valence-corrected chi connectivity index (χ3v) is 6.94. The Morgan fingerprint density at radius 1 is 1.21 bits per heavy atom. The Labute approximate surface area is 175 Å². The number of hydrogen-bond acceptors (Lipinski definition) is 5. The van der Waals surface area contributed by atoms with Gasteiger partial charge in [-0.15, -0.1) is 11.3 Å². The number of carbonyl (C=O) groups excluding carboxylic acids is 1. The number of likely N-dealkylation sites (tertiary alicyclic amines) is 1. The lowest BCUT2D eigenvalue weighted by molar-refractivity contribution is -0.126. The van der Waals surface area contributed by atoms with Crippen LogP contribution in [0.4, 0.5) is 0 Å². The number of rotatable bonds is 6. The normalized spacial score (nSPS) is 16.6. The molecule has 1 N–H and O–H groups in total. The summed E-state index contributed by atoms with van der Waals surface area (Å²) < 4.78 is 6.43. The number of amides is 1. The van der Waals surface area contributed by atoms with E-state index in [1.54, 1.807) is 7.11 Å². The van der Waals surface area contributed by atoms with E-state index in [0.717, 1.165) is 42.8 Å². The first-order valence-electron chi connectivity index (χ1n) is 10.1. The van der Waals surface area contributed by atoms with E-state index in [1.807, 2.05) is 48.6 Å². The van der Waals surface area contributed by atoms with Crippen molar-refractivity contribution in [2.45, 2.75) is 38.3 Å². The predicted octanol–water partition coefficient (Wildman–Crippen LogP) is 4.19. The summed E-state index contributed by atoms with van der Waals surface area (Å²) >= 11 is 1.81. The van der Waals surface area contributed by atoms with Crippen molar-refractivity contribution in [2.24, 2.45) is 0 Å². The highest BCUT2D eigenvalue weighted by molar-refractivity contribution is 7.18. The summed E-state index contributed by atoms with van der Waals surface area (Å²) in [6, 6.07) is 16.0. The molecule has 4 rings (SSSR count). The van der Waals surface area contributed by atoms with E-state index in [0.29, 0.717) is 12.5 Å². The van der Waals surface area contributed by atoms with E-state index in [1.165, 1.54) is 9.71 Å². The number of carbonyl (C=O) groups is 1. The highest BCUT2D eigenvalue weighted by Gasteiger charge is 2.28. The van der Waals surface area contributed by atoms with Crippen LogP contribution in [-0.4, -0.2) is 42.0 Å². The molecule has 0 unspecified atom stereocenters. The molecule has 0 spiro atoms. The molecule has 2 aromatic carbocycles. The predicted molar refractivity (Wildman–Crippen MR) is 117 cm³/mol. The maximum atomic E-state index is 12.6. The Balaban J connectivity index is 1.28. The summed E-state index contributed by atoms with van der Waals surface area (Å²) in [7, 11) is 1.65. The molecule has 2 heterocycles. The van der Waals surface area contributed by atoms with Gasteiger partial charge in [0, 0.05) is 12.5 Å².